The van der Waals surface area contributed by atoms with Crippen LogP contribution < -0.4 is 4.90 Å². The summed E-state index contributed by atoms with van der Waals surface area (Å²) in [7, 11) is 2.35. The van der Waals surface area contributed by atoms with Gasteiger partial charge in [-0.05, 0) is 36.4 Å². The van der Waals surface area contributed by atoms with Gasteiger partial charge in [0.25, 0.3) is 11.8 Å². The van der Waals surface area contributed by atoms with Crippen molar-refractivity contribution in [2.24, 2.45) is 0 Å². The number of methoxy groups -OCH3 is 2. The Morgan fingerprint density at radius 2 is 1.44 bits per heavy atom. The molecule has 0 atom stereocenters. The number of rotatable bonds is 3. The first-order valence-corrected chi connectivity index (χ1v) is 7.72. The van der Waals surface area contributed by atoms with Crippen LogP contribution in [-0.4, -0.2) is 38.0 Å². The molecule has 134 valence electrons. The summed E-state index contributed by atoms with van der Waals surface area (Å²) in [5.74, 6) is -0.245. The topological polar surface area (TPSA) is 90.0 Å². The largest absolute Gasteiger partial charge is 0.465 e. The molecule has 2 aromatic rings. The van der Waals surface area contributed by atoms with Crippen molar-refractivity contribution in [2.45, 2.75) is 0 Å². The van der Waals surface area contributed by atoms with Crippen molar-refractivity contribution in [1.29, 1.82) is 0 Å². The summed E-state index contributed by atoms with van der Waals surface area (Å²) in [6.45, 7) is 0. The first kappa shape index (κ1) is 17.9. The number of hydrogen-bond acceptors (Lipinski definition) is 6. The van der Waals surface area contributed by atoms with Gasteiger partial charge in [-0.2, -0.15) is 0 Å². The molecule has 0 fully saturated rings. The van der Waals surface area contributed by atoms with Gasteiger partial charge in [0.05, 0.1) is 42.2 Å². The van der Waals surface area contributed by atoms with Crippen molar-refractivity contribution in [3.8, 4) is 12.3 Å². The lowest BCUT2D eigenvalue weighted by atomic mass is 10.1. The average molecular weight is 363 g/mol. The Kier molecular flexibility index (Phi) is 4.48. The van der Waals surface area contributed by atoms with Gasteiger partial charge in [0, 0.05) is 5.56 Å². The second-order valence-electron chi connectivity index (χ2n) is 5.60. The lowest BCUT2D eigenvalue weighted by Crippen LogP contribution is -2.30. The number of carbonyl (C=O) groups is 4. The Bertz CT molecular complexity index is 1010. The number of nitrogens with zero attached hydrogens (tertiary/aromatic N) is 1. The van der Waals surface area contributed by atoms with Gasteiger partial charge < -0.3 is 9.47 Å². The highest BCUT2D eigenvalue weighted by Gasteiger charge is 2.37. The maximum atomic E-state index is 12.8. The average Bonchev–Trinajstić information content (AvgIpc) is 2.95. The van der Waals surface area contributed by atoms with Gasteiger partial charge in [0.2, 0.25) is 0 Å². The molecule has 0 bridgehead atoms. The predicted octanol–water partition coefficient (Wildman–Crippen LogP) is 2.04. The number of benzene rings is 2. The highest BCUT2D eigenvalue weighted by atomic mass is 16.5. The number of anilines is 1. The number of carbonyl (C=O) groups excluding carboxylic acids is 4. The van der Waals surface area contributed by atoms with E-state index in [4.69, 9.17) is 6.42 Å². The second kappa shape index (κ2) is 6.77. The molecule has 0 aliphatic carbocycles. The lowest BCUT2D eigenvalue weighted by Gasteiger charge is -2.16. The van der Waals surface area contributed by atoms with Crippen LogP contribution in [0.1, 0.15) is 47.0 Å². The third-order valence-electron chi connectivity index (χ3n) is 4.07. The van der Waals surface area contributed by atoms with E-state index in [0.29, 0.717) is 5.56 Å². The van der Waals surface area contributed by atoms with Crippen molar-refractivity contribution < 1.29 is 28.7 Å². The van der Waals surface area contributed by atoms with Gasteiger partial charge in [-0.1, -0.05) is 5.92 Å². The third kappa shape index (κ3) is 2.93. The molecule has 1 aliphatic heterocycles. The van der Waals surface area contributed by atoms with Crippen LogP contribution in [0.25, 0.3) is 0 Å². The van der Waals surface area contributed by atoms with Gasteiger partial charge in [-0.3, -0.25) is 9.59 Å². The second-order valence-corrected chi connectivity index (χ2v) is 5.60. The normalized spacial score (nSPS) is 12.4. The van der Waals surface area contributed by atoms with Crippen molar-refractivity contribution in [2.75, 3.05) is 19.1 Å². The van der Waals surface area contributed by atoms with E-state index < -0.39 is 23.8 Å². The van der Waals surface area contributed by atoms with E-state index in [1.165, 1.54) is 44.6 Å². The molecule has 0 unspecified atom stereocenters. The van der Waals surface area contributed by atoms with E-state index >= 15 is 0 Å². The molecular weight excluding hydrogens is 350 g/mol. The molecule has 0 radical (unpaired) electrons. The minimum atomic E-state index is -0.728. The van der Waals surface area contributed by atoms with Gasteiger partial charge >= 0.3 is 11.9 Å². The summed E-state index contributed by atoms with van der Waals surface area (Å²) in [5, 5.41) is 0. The van der Waals surface area contributed by atoms with Crippen molar-refractivity contribution in [1.82, 2.24) is 0 Å². The van der Waals surface area contributed by atoms with Gasteiger partial charge in [-0.25, -0.2) is 14.5 Å². The van der Waals surface area contributed by atoms with Crippen LogP contribution in [-0.2, 0) is 9.47 Å². The zero-order valence-electron chi connectivity index (χ0n) is 14.4. The minimum Gasteiger partial charge on any atom is -0.465 e. The number of imide groups is 1. The number of esters is 2. The highest BCUT2D eigenvalue weighted by molar-refractivity contribution is 6.34. The quantitative estimate of drug-likeness (QED) is 0.471. The molecule has 27 heavy (non-hydrogen) atoms. The monoisotopic (exact) mass is 363 g/mol. The van der Waals surface area contributed by atoms with Crippen molar-refractivity contribution in [3.05, 3.63) is 64.2 Å². The molecule has 0 saturated heterocycles. The molecule has 3 rings (SSSR count). The number of amides is 2. The maximum absolute atomic E-state index is 12.8. The smallest absolute Gasteiger partial charge is 0.337 e. The van der Waals surface area contributed by atoms with Crippen LogP contribution in [0.5, 0.6) is 0 Å². The molecule has 0 aromatic heterocycles. The standard InChI is InChI=1S/C20H13NO6/c1-4-11-5-6-15-16(7-11)18(23)21(17(15)22)14-9-12(19(24)26-2)8-13(10-14)20(25)27-3/h1,5-10H,2-3H3. The summed E-state index contributed by atoms with van der Waals surface area (Å²) in [4.78, 5) is 50.2. The Morgan fingerprint density at radius 3 is 1.96 bits per heavy atom. The van der Waals surface area contributed by atoms with Crippen LogP contribution in [0.15, 0.2) is 36.4 Å². The maximum Gasteiger partial charge on any atom is 0.337 e. The lowest BCUT2D eigenvalue weighted by molar-refractivity contribution is 0.0598. The molecule has 0 spiro atoms. The molecule has 0 saturated carbocycles. The molecule has 1 heterocycles. The van der Waals surface area contributed by atoms with E-state index in [2.05, 4.69) is 15.4 Å². The zero-order chi connectivity index (χ0) is 19.7. The van der Waals surface area contributed by atoms with Crippen LogP contribution in [0.3, 0.4) is 0 Å². The van der Waals surface area contributed by atoms with E-state index in [1.54, 1.807) is 6.07 Å². The summed E-state index contributed by atoms with van der Waals surface area (Å²) in [6.07, 6.45) is 5.34. The van der Waals surface area contributed by atoms with E-state index in [9.17, 15) is 19.2 Å². The van der Waals surface area contributed by atoms with Crippen molar-refractivity contribution in [3.63, 3.8) is 0 Å². The van der Waals surface area contributed by atoms with E-state index in [1.807, 2.05) is 0 Å². The van der Waals surface area contributed by atoms with Gasteiger partial charge in [-0.15, -0.1) is 6.42 Å². The van der Waals surface area contributed by atoms with Crippen molar-refractivity contribution >= 4 is 29.4 Å². The molecule has 0 N–H and O–H groups in total. The third-order valence-corrected chi connectivity index (χ3v) is 4.07. The molecule has 1 aliphatic rings. The fraction of sp³-hybridized carbons (Fsp3) is 0.100. The first-order valence-electron chi connectivity index (χ1n) is 7.72. The first-order chi connectivity index (χ1) is 12.9. The van der Waals surface area contributed by atoms with Crippen LogP contribution >= 0.6 is 0 Å². The number of hydrogen-bond donors (Lipinski definition) is 0. The molecule has 2 amide bonds. The molecule has 7 heteroatoms. The Hall–Kier alpha value is -3.92. The van der Waals surface area contributed by atoms with E-state index in [-0.39, 0.29) is 27.9 Å². The fourth-order valence-electron chi connectivity index (χ4n) is 2.78. The summed E-state index contributed by atoms with van der Waals surface area (Å²) in [6, 6.07) is 8.31. The van der Waals surface area contributed by atoms with Gasteiger partial charge in [0.15, 0.2) is 0 Å². The van der Waals surface area contributed by atoms with Crippen LogP contribution in [0, 0.1) is 12.3 Å². The zero-order valence-corrected chi connectivity index (χ0v) is 14.4. The Morgan fingerprint density at radius 1 is 0.889 bits per heavy atom. The fourth-order valence-corrected chi connectivity index (χ4v) is 2.78. The molecule has 7 nitrogen and oxygen atoms in total. The number of terminal acetylenes is 1. The predicted molar refractivity (Wildman–Crippen MR) is 94.6 cm³/mol. The number of ether oxygens (including phenoxy) is 2. The minimum absolute atomic E-state index is 0.00345. The summed E-state index contributed by atoms with van der Waals surface area (Å²) >= 11 is 0. The van der Waals surface area contributed by atoms with E-state index in [0.717, 1.165) is 4.90 Å². The summed E-state index contributed by atoms with van der Waals surface area (Å²) < 4.78 is 9.33. The Balaban J connectivity index is 2.15. The Labute approximate surface area is 154 Å². The molecular formula is C20H13NO6. The van der Waals surface area contributed by atoms with Crippen LogP contribution in [0.4, 0.5) is 5.69 Å². The summed E-state index contributed by atoms with van der Waals surface area (Å²) in [5.41, 5.74) is 0.829. The number of fused-ring (bicyclic) bond motifs is 1. The SMILES string of the molecule is C#Cc1ccc2c(c1)C(=O)N(c1cc(C(=O)OC)cc(C(=O)OC)c1)C2=O. The molecule has 2 aromatic carbocycles. The van der Waals surface area contributed by atoms with Gasteiger partial charge in [0.1, 0.15) is 0 Å². The highest BCUT2D eigenvalue weighted by Crippen LogP contribution is 2.30. The van der Waals surface area contributed by atoms with Crippen LogP contribution in [0.2, 0.25) is 0 Å².